The van der Waals surface area contributed by atoms with Crippen molar-refractivity contribution in [2.24, 2.45) is 0 Å². The molecule has 2 N–H and O–H groups in total. The van der Waals surface area contributed by atoms with Gasteiger partial charge in [0.1, 0.15) is 0 Å². The summed E-state index contributed by atoms with van der Waals surface area (Å²) in [6.07, 6.45) is 1.60. The average Bonchev–Trinajstić information content (AvgIpc) is 2.82. The molecule has 5 nitrogen and oxygen atoms in total. The molecule has 0 spiro atoms. The molecule has 1 aromatic carbocycles. The van der Waals surface area contributed by atoms with Gasteiger partial charge in [0, 0.05) is 5.56 Å². The molecule has 2 rings (SSSR count). The molecule has 0 fully saturated rings. The summed E-state index contributed by atoms with van der Waals surface area (Å²) in [5.41, 5.74) is 8.53. The highest BCUT2D eigenvalue weighted by molar-refractivity contribution is 5.82. The van der Waals surface area contributed by atoms with Gasteiger partial charge in [-0.3, -0.25) is 0 Å². The summed E-state index contributed by atoms with van der Waals surface area (Å²) in [7, 11) is 3.21. The zero-order valence-electron chi connectivity index (χ0n) is 11.6. The van der Waals surface area contributed by atoms with Gasteiger partial charge in [0.2, 0.25) is 5.88 Å². The Labute approximate surface area is 112 Å². The molecular formula is C14H18N2O3. The van der Waals surface area contributed by atoms with E-state index in [0.29, 0.717) is 17.4 Å². The van der Waals surface area contributed by atoms with Crippen molar-refractivity contribution in [3.63, 3.8) is 0 Å². The molecule has 102 valence electrons. The first-order valence-corrected chi connectivity index (χ1v) is 6.05. The predicted octanol–water partition coefficient (Wildman–Crippen LogP) is 3.06. The molecule has 0 radical (unpaired) electrons. The summed E-state index contributed by atoms with van der Waals surface area (Å²) < 4.78 is 15.8. The molecular weight excluding hydrogens is 244 g/mol. The van der Waals surface area contributed by atoms with Crippen molar-refractivity contribution in [3.05, 3.63) is 23.9 Å². The number of methoxy groups -OCH3 is 2. The smallest absolute Gasteiger partial charge is 0.230 e. The van der Waals surface area contributed by atoms with E-state index in [2.05, 4.69) is 19.0 Å². The third-order valence-electron chi connectivity index (χ3n) is 3.07. The van der Waals surface area contributed by atoms with E-state index in [0.717, 1.165) is 16.7 Å². The zero-order valence-corrected chi connectivity index (χ0v) is 11.6. The van der Waals surface area contributed by atoms with E-state index in [1.807, 2.05) is 12.1 Å². The minimum Gasteiger partial charge on any atom is -0.493 e. The van der Waals surface area contributed by atoms with Crippen molar-refractivity contribution in [3.8, 4) is 22.6 Å². The Morgan fingerprint density at radius 1 is 1.21 bits per heavy atom. The number of nitrogen functional groups attached to an aromatic ring is 1. The van der Waals surface area contributed by atoms with Crippen LogP contribution in [-0.4, -0.2) is 19.4 Å². The summed E-state index contributed by atoms with van der Waals surface area (Å²) in [6.45, 7) is 4.21. The molecule has 0 bridgehead atoms. The van der Waals surface area contributed by atoms with Crippen molar-refractivity contribution >= 4 is 5.88 Å². The van der Waals surface area contributed by atoms with Crippen LogP contribution < -0.4 is 15.2 Å². The lowest BCUT2D eigenvalue weighted by Gasteiger charge is -2.18. The molecule has 0 aliphatic heterocycles. The van der Waals surface area contributed by atoms with Crippen molar-refractivity contribution in [2.75, 3.05) is 20.0 Å². The zero-order chi connectivity index (χ0) is 14.0. The fourth-order valence-electron chi connectivity index (χ4n) is 2.14. The lowest BCUT2D eigenvalue weighted by Crippen LogP contribution is -2.00. The third kappa shape index (κ3) is 2.23. The van der Waals surface area contributed by atoms with Crippen LogP contribution in [0.1, 0.15) is 25.3 Å². The fraction of sp³-hybridized carbons (Fsp3) is 0.357. The maximum Gasteiger partial charge on any atom is 0.230 e. The van der Waals surface area contributed by atoms with Crippen LogP contribution in [0.3, 0.4) is 0 Å². The van der Waals surface area contributed by atoms with Crippen LogP contribution in [0.5, 0.6) is 11.5 Å². The van der Waals surface area contributed by atoms with Crippen molar-refractivity contribution in [1.29, 1.82) is 0 Å². The van der Waals surface area contributed by atoms with Gasteiger partial charge in [-0.25, -0.2) is 0 Å². The second-order valence-electron chi connectivity index (χ2n) is 4.52. The second-order valence-corrected chi connectivity index (χ2v) is 4.52. The minimum atomic E-state index is 0.272. The number of nitrogens with zero attached hydrogens (tertiary/aromatic N) is 1. The lowest BCUT2D eigenvalue weighted by molar-refractivity contribution is 0.355. The topological polar surface area (TPSA) is 70.5 Å². The van der Waals surface area contributed by atoms with Gasteiger partial charge in [0.05, 0.1) is 26.0 Å². The number of rotatable bonds is 4. The number of benzene rings is 1. The Kier molecular flexibility index (Phi) is 3.64. The van der Waals surface area contributed by atoms with Crippen LogP contribution in [0, 0.1) is 0 Å². The van der Waals surface area contributed by atoms with Crippen LogP contribution >= 0.6 is 0 Å². The molecule has 0 aliphatic carbocycles. The summed E-state index contributed by atoms with van der Waals surface area (Å²) in [4.78, 5) is 0. The van der Waals surface area contributed by atoms with Crippen LogP contribution in [0.4, 0.5) is 5.88 Å². The van der Waals surface area contributed by atoms with Gasteiger partial charge in [-0.2, -0.15) is 0 Å². The molecule has 0 unspecified atom stereocenters. The Morgan fingerprint density at radius 2 is 1.95 bits per heavy atom. The van der Waals surface area contributed by atoms with Gasteiger partial charge < -0.3 is 19.7 Å². The van der Waals surface area contributed by atoms with Gasteiger partial charge in [0.25, 0.3) is 0 Å². The highest BCUT2D eigenvalue weighted by Gasteiger charge is 2.22. The molecule has 0 amide bonds. The highest BCUT2D eigenvalue weighted by atomic mass is 16.5. The highest BCUT2D eigenvalue weighted by Crippen LogP contribution is 2.44. The summed E-state index contributed by atoms with van der Waals surface area (Å²) in [6, 6.07) is 3.90. The van der Waals surface area contributed by atoms with Gasteiger partial charge >= 0.3 is 0 Å². The predicted molar refractivity (Wildman–Crippen MR) is 73.5 cm³/mol. The van der Waals surface area contributed by atoms with E-state index in [4.69, 9.17) is 19.7 Å². The molecule has 0 saturated heterocycles. The molecule has 0 saturated carbocycles. The molecule has 19 heavy (non-hydrogen) atoms. The lowest BCUT2D eigenvalue weighted by atomic mass is 9.92. The van der Waals surface area contributed by atoms with Crippen LogP contribution in [0.25, 0.3) is 11.1 Å². The molecule has 2 aromatic rings. The monoisotopic (exact) mass is 262 g/mol. The number of hydrogen-bond donors (Lipinski definition) is 1. The van der Waals surface area contributed by atoms with E-state index >= 15 is 0 Å². The summed E-state index contributed by atoms with van der Waals surface area (Å²) in [5.74, 6) is 1.88. The van der Waals surface area contributed by atoms with Crippen molar-refractivity contribution < 1.29 is 14.0 Å². The van der Waals surface area contributed by atoms with E-state index in [-0.39, 0.29) is 5.88 Å². The van der Waals surface area contributed by atoms with Crippen LogP contribution in [-0.2, 0) is 0 Å². The first-order chi connectivity index (χ1) is 9.10. The molecule has 0 atom stereocenters. The van der Waals surface area contributed by atoms with E-state index in [1.54, 1.807) is 20.4 Å². The average molecular weight is 262 g/mol. The first kappa shape index (κ1) is 13.3. The molecule has 0 aliphatic rings. The Balaban J connectivity index is 2.77. The van der Waals surface area contributed by atoms with Gasteiger partial charge in [-0.1, -0.05) is 25.1 Å². The Morgan fingerprint density at radius 3 is 2.42 bits per heavy atom. The maximum absolute atomic E-state index is 5.83. The number of anilines is 1. The third-order valence-corrected chi connectivity index (χ3v) is 3.07. The van der Waals surface area contributed by atoms with E-state index < -0.39 is 0 Å². The fourth-order valence-corrected chi connectivity index (χ4v) is 2.14. The number of aromatic nitrogens is 1. The largest absolute Gasteiger partial charge is 0.493 e. The van der Waals surface area contributed by atoms with Gasteiger partial charge in [0.15, 0.2) is 11.5 Å². The number of ether oxygens (including phenoxy) is 2. The summed E-state index contributed by atoms with van der Waals surface area (Å²) >= 11 is 0. The van der Waals surface area contributed by atoms with Gasteiger partial charge in [-0.05, 0) is 17.5 Å². The Hall–Kier alpha value is -2.17. The van der Waals surface area contributed by atoms with Crippen LogP contribution in [0.15, 0.2) is 22.9 Å². The van der Waals surface area contributed by atoms with Gasteiger partial charge in [-0.15, -0.1) is 0 Å². The number of hydrogen-bond acceptors (Lipinski definition) is 5. The summed E-state index contributed by atoms with van der Waals surface area (Å²) in [5, 5.41) is 3.73. The van der Waals surface area contributed by atoms with E-state index in [9.17, 15) is 0 Å². The minimum absolute atomic E-state index is 0.272. The quantitative estimate of drug-likeness (QED) is 0.916. The standard InChI is InChI=1S/C14H18N2O3/c1-8(2)9-5-6-11(17-3)13(18-4)12(9)10-7-16-19-14(10)15/h5-8H,15H2,1-4H3. The molecule has 1 heterocycles. The Bertz CT molecular complexity index is 576. The SMILES string of the molecule is COc1ccc(C(C)C)c(-c2cnoc2N)c1OC. The number of nitrogens with two attached hydrogens (primary N) is 1. The molecule has 1 aromatic heterocycles. The van der Waals surface area contributed by atoms with Crippen molar-refractivity contribution in [2.45, 2.75) is 19.8 Å². The first-order valence-electron chi connectivity index (χ1n) is 6.05. The second kappa shape index (κ2) is 5.22. The normalized spacial score (nSPS) is 10.8. The van der Waals surface area contributed by atoms with Crippen LogP contribution in [0.2, 0.25) is 0 Å². The molecule has 5 heteroatoms. The maximum atomic E-state index is 5.83. The van der Waals surface area contributed by atoms with Crippen molar-refractivity contribution in [1.82, 2.24) is 5.16 Å². The van der Waals surface area contributed by atoms with E-state index in [1.165, 1.54) is 0 Å².